The molecule has 0 bridgehead atoms. The minimum Gasteiger partial charge on any atom is -0.396 e. The molecule has 1 N–H and O–H groups in total. The molecule has 1 amide bonds. The van der Waals surface area contributed by atoms with Gasteiger partial charge in [-0.2, -0.15) is 0 Å². The van der Waals surface area contributed by atoms with Gasteiger partial charge >= 0.3 is 0 Å². The second kappa shape index (κ2) is 6.76. The summed E-state index contributed by atoms with van der Waals surface area (Å²) in [5.41, 5.74) is 0.584. The van der Waals surface area contributed by atoms with Gasteiger partial charge in [0.2, 0.25) is 0 Å². The highest BCUT2D eigenvalue weighted by Crippen LogP contribution is 2.35. The molecule has 7 heteroatoms. The first-order valence-corrected chi connectivity index (χ1v) is 8.43. The summed E-state index contributed by atoms with van der Waals surface area (Å²) in [6.07, 6.45) is 3.93. The number of pyridine rings is 1. The molecule has 1 fully saturated rings. The molecule has 1 aliphatic heterocycles. The zero-order valence-corrected chi connectivity index (χ0v) is 14.1. The van der Waals surface area contributed by atoms with E-state index >= 15 is 0 Å². The Labute approximate surface area is 145 Å². The van der Waals surface area contributed by atoms with E-state index in [9.17, 15) is 20.0 Å². The Kier molecular flexibility index (Phi) is 4.67. The monoisotopic (exact) mass is 343 g/mol. The first kappa shape index (κ1) is 17.3. The standard InChI is InChI=1S/C18H21N3O4/c1-2-18(12-22)7-10-20(11-8-18)17(23)14-5-6-15(21(24)25)13-4-3-9-19-16(13)14/h3-6,9,22H,2,7-8,10-12H2,1H3. The number of aliphatic hydroxyl groups excluding tert-OH is 1. The van der Waals surface area contributed by atoms with Crippen LogP contribution >= 0.6 is 0 Å². The maximum absolute atomic E-state index is 12.9. The van der Waals surface area contributed by atoms with Crippen LogP contribution in [-0.4, -0.2) is 45.5 Å². The van der Waals surface area contributed by atoms with Gasteiger partial charge in [0.15, 0.2) is 0 Å². The highest BCUT2D eigenvalue weighted by atomic mass is 16.6. The molecule has 0 aliphatic carbocycles. The predicted octanol–water partition coefficient (Wildman–Crippen LogP) is 2.77. The molecule has 7 nitrogen and oxygen atoms in total. The number of piperidine rings is 1. The van der Waals surface area contributed by atoms with Crippen molar-refractivity contribution >= 4 is 22.5 Å². The van der Waals surface area contributed by atoms with Gasteiger partial charge in [0.05, 0.1) is 21.4 Å². The molecule has 1 aromatic heterocycles. The molecular weight excluding hydrogens is 322 g/mol. The average Bonchev–Trinajstić information content (AvgIpc) is 2.66. The van der Waals surface area contributed by atoms with Crippen molar-refractivity contribution in [3.8, 4) is 0 Å². The zero-order valence-electron chi connectivity index (χ0n) is 14.1. The summed E-state index contributed by atoms with van der Waals surface area (Å²) in [6, 6.07) is 6.09. The minimum atomic E-state index is -0.462. The van der Waals surface area contributed by atoms with Crippen molar-refractivity contribution in [2.75, 3.05) is 19.7 Å². The smallest absolute Gasteiger partial charge is 0.278 e. The number of carbonyl (C=O) groups excluding carboxylic acids is 1. The molecule has 3 rings (SSSR count). The molecule has 2 aromatic rings. The van der Waals surface area contributed by atoms with E-state index in [1.54, 1.807) is 17.0 Å². The van der Waals surface area contributed by atoms with E-state index in [2.05, 4.69) is 11.9 Å². The van der Waals surface area contributed by atoms with Crippen molar-refractivity contribution < 1.29 is 14.8 Å². The Morgan fingerprint density at radius 1 is 1.36 bits per heavy atom. The summed E-state index contributed by atoms with van der Waals surface area (Å²) in [4.78, 5) is 29.6. The Hall–Kier alpha value is -2.54. The van der Waals surface area contributed by atoms with Crippen LogP contribution in [0.1, 0.15) is 36.5 Å². The highest BCUT2D eigenvalue weighted by molar-refractivity contribution is 6.07. The van der Waals surface area contributed by atoms with Crippen LogP contribution in [0.15, 0.2) is 30.5 Å². The molecule has 0 atom stereocenters. The molecule has 1 saturated heterocycles. The van der Waals surface area contributed by atoms with E-state index in [4.69, 9.17) is 0 Å². The highest BCUT2D eigenvalue weighted by Gasteiger charge is 2.34. The molecule has 0 unspecified atom stereocenters. The van der Waals surface area contributed by atoms with Gasteiger partial charge in [-0.25, -0.2) is 0 Å². The number of hydrogen-bond acceptors (Lipinski definition) is 5. The quantitative estimate of drug-likeness (QED) is 0.680. The van der Waals surface area contributed by atoms with Crippen molar-refractivity contribution in [3.63, 3.8) is 0 Å². The number of aliphatic hydroxyl groups is 1. The van der Waals surface area contributed by atoms with Crippen molar-refractivity contribution in [1.29, 1.82) is 0 Å². The number of carbonyl (C=O) groups is 1. The summed E-state index contributed by atoms with van der Waals surface area (Å²) in [6.45, 7) is 3.33. The second-order valence-corrected chi connectivity index (χ2v) is 6.59. The van der Waals surface area contributed by atoms with Gasteiger partial charge in [-0.15, -0.1) is 0 Å². The summed E-state index contributed by atoms with van der Waals surface area (Å²) in [5, 5.41) is 21.2. The number of nitro groups is 1. The first-order chi connectivity index (χ1) is 12.0. The topological polar surface area (TPSA) is 96.6 Å². The number of nitrogens with zero attached hydrogens (tertiary/aromatic N) is 3. The van der Waals surface area contributed by atoms with E-state index < -0.39 is 4.92 Å². The van der Waals surface area contributed by atoms with Crippen LogP contribution in [0, 0.1) is 15.5 Å². The van der Waals surface area contributed by atoms with E-state index in [1.165, 1.54) is 18.3 Å². The molecule has 132 valence electrons. The van der Waals surface area contributed by atoms with Gasteiger partial charge < -0.3 is 10.0 Å². The van der Waals surface area contributed by atoms with Crippen LogP contribution in [0.25, 0.3) is 10.9 Å². The predicted molar refractivity (Wildman–Crippen MR) is 93.3 cm³/mol. The number of rotatable bonds is 4. The average molecular weight is 343 g/mol. The fourth-order valence-electron chi connectivity index (χ4n) is 3.47. The molecule has 1 aliphatic rings. The van der Waals surface area contributed by atoms with Crippen LogP contribution in [0.4, 0.5) is 5.69 Å². The lowest BCUT2D eigenvalue weighted by atomic mass is 9.77. The molecule has 25 heavy (non-hydrogen) atoms. The minimum absolute atomic E-state index is 0.0522. The van der Waals surface area contributed by atoms with Crippen LogP contribution in [-0.2, 0) is 0 Å². The van der Waals surface area contributed by atoms with Gasteiger partial charge in [-0.05, 0) is 42.9 Å². The van der Waals surface area contributed by atoms with Crippen molar-refractivity contribution in [3.05, 3.63) is 46.1 Å². The largest absolute Gasteiger partial charge is 0.396 e. The Morgan fingerprint density at radius 3 is 2.68 bits per heavy atom. The number of amides is 1. The zero-order chi connectivity index (χ0) is 18.0. The summed E-state index contributed by atoms with van der Waals surface area (Å²) >= 11 is 0. The van der Waals surface area contributed by atoms with Gasteiger partial charge in [-0.1, -0.05) is 6.92 Å². The molecule has 0 spiro atoms. The van der Waals surface area contributed by atoms with Gasteiger partial charge in [0.25, 0.3) is 11.6 Å². The lowest BCUT2D eigenvalue weighted by Crippen LogP contribution is -2.44. The fraction of sp³-hybridized carbons (Fsp3) is 0.444. The van der Waals surface area contributed by atoms with Crippen LogP contribution in [0.2, 0.25) is 0 Å². The molecular formula is C18H21N3O4. The lowest BCUT2D eigenvalue weighted by Gasteiger charge is -2.40. The van der Waals surface area contributed by atoms with Gasteiger partial charge in [-0.3, -0.25) is 19.9 Å². The Morgan fingerprint density at radius 2 is 2.08 bits per heavy atom. The van der Waals surface area contributed by atoms with Gasteiger partial charge in [0.1, 0.15) is 0 Å². The van der Waals surface area contributed by atoms with E-state index in [0.717, 1.165) is 19.3 Å². The molecule has 1 aromatic carbocycles. The Balaban J connectivity index is 1.92. The van der Waals surface area contributed by atoms with Crippen molar-refractivity contribution in [2.45, 2.75) is 26.2 Å². The third-order valence-electron chi connectivity index (χ3n) is 5.37. The molecule has 0 radical (unpaired) electrons. The third kappa shape index (κ3) is 3.07. The van der Waals surface area contributed by atoms with E-state index in [-0.39, 0.29) is 23.6 Å². The van der Waals surface area contributed by atoms with Crippen molar-refractivity contribution in [2.24, 2.45) is 5.41 Å². The van der Waals surface area contributed by atoms with Gasteiger partial charge in [0, 0.05) is 32.0 Å². The Bertz CT molecular complexity index is 807. The van der Waals surface area contributed by atoms with E-state index in [1.807, 2.05) is 0 Å². The number of fused-ring (bicyclic) bond motifs is 1. The summed E-state index contributed by atoms with van der Waals surface area (Å²) < 4.78 is 0. The number of likely N-dealkylation sites (tertiary alicyclic amines) is 1. The molecule has 2 heterocycles. The third-order valence-corrected chi connectivity index (χ3v) is 5.37. The first-order valence-electron chi connectivity index (χ1n) is 8.43. The van der Waals surface area contributed by atoms with Crippen LogP contribution in [0.3, 0.4) is 0 Å². The van der Waals surface area contributed by atoms with E-state index in [0.29, 0.717) is 29.6 Å². The van der Waals surface area contributed by atoms with Crippen LogP contribution in [0.5, 0.6) is 0 Å². The normalized spacial score (nSPS) is 16.8. The maximum atomic E-state index is 12.9. The fourth-order valence-corrected chi connectivity index (χ4v) is 3.47. The number of benzene rings is 1. The van der Waals surface area contributed by atoms with Crippen LogP contribution < -0.4 is 0 Å². The molecule has 0 saturated carbocycles. The lowest BCUT2D eigenvalue weighted by molar-refractivity contribution is -0.383. The summed E-state index contributed by atoms with van der Waals surface area (Å²) in [7, 11) is 0. The number of hydrogen-bond donors (Lipinski definition) is 1. The number of non-ortho nitro benzene ring substituents is 1. The number of aromatic nitrogens is 1. The number of nitro benzene ring substituents is 1. The van der Waals surface area contributed by atoms with Crippen molar-refractivity contribution in [1.82, 2.24) is 9.88 Å². The maximum Gasteiger partial charge on any atom is 0.278 e. The summed E-state index contributed by atoms with van der Waals surface area (Å²) in [5.74, 6) is -0.166. The SMILES string of the molecule is CCC1(CO)CCN(C(=O)c2ccc([N+](=O)[O-])c3cccnc23)CC1. The second-order valence-electron chi connectivity index (χ2n) is 6.59.